The van der Waals surface area contributed by atoms with Crippen molar-refractivity contribution in [3.8, 4) is 22.6 Å². The molecule has 0 heterocycles. The van der Waals surface area contributed by atoms with Crippen molar-refractivity contribution in [3.63, 3.8) is 0 Å². The molecule has 21 heavy (non-hydrogen) atoms. The lowest BCUT2D eigenvalue weighted by molar-refractivity contribution is 0.483. The Kier molecular flexibility index (Phi) is 3.48. The second-order valence-electron chi connectivity index (χ2n) is 4.82. The summed E-state index contributed by atoms with van der Waals surface area (Å²) in [5, 5.41) is 0. The summed E-state index contributed by atoms with van der Waals surface area (Å²) < 4.78 is 5.84. The lowest BCUT2D eigenvalue weighted by Crippen LogP contribution is -1.88. The summed E-state index contributed by atoms with van der Waals surface area (Å²) >= 11 is 0. The molecule has 0 aliphatic carbocycles. The summed E-state index contributed by atoms with van der Waals surface area (Å²) in [5.74, 6) is 1.50. The quantitative estimate of drug-likeness (QED) is 0.701. The molecule has 0 saturated carbocycles. The third-order valence-corrected chi connectivity index (χ3v) is 3.17. The highest BCUT2D eigenvalue weighted by Crippen LogP contribution is 2.28. The van der Waals surface area contributed by atoms with E-state index in [-0.39, 0.29) is 0 Å². The van der Waals surface area contributed by atoms with Crippen LogP contribution in [0.1, 0.15) is 0 Å². The van der Waals surface area contributed by atoms with E-state index in [1.165, 1.54) is 0 Å². The van der Waals surface area contributed by atoms with Crippen molar-refractivity contribution in [2.24, 2.45) is 0 Å². The molecule has 0 fully saturated rings. The van der Waals surface area contributed by atoms with Crippen LogP contribution < -0.4 is 16.2 Å². The van der Waals surface area contributed by atoms with Gasteiger partial charge in [-0.15, -0.1) is 0 Å². The van der Waals surface area contributed by atoms with Crippen molar-refractivity contribution >= 4 is 11.4 Å². The molecular formula is C18H16N2O. The van der Waals surface area contributed by atoms with E-state index in [0.29, 0.717) is 5.69 Å². The first kappa shape index (κ1) is 13.1. The molecule has 3 heteroatoms. The van der Waals surface area contributed by atoms with Crippen molar-refractivity contribution in [2.75, 3.05) is 11.5 Å². The predicted octanol–water partition coefficient (Wildman–Crippen LogP) is 4.31. The monoisotopic (exact) mass is 276 g/mol. The van der Waals surface area contributed by atoms with E-state index in [0.717, 1.165) is 28.3 Å². The van der Waals surface area contributed by atoms with Crippen LogP contribution in [0.15, 0.2) is 72.8 Å². The zero-order valence-corrected chi connectivity index (χ0v) is 11.5. The molecule has 104 valence electrons. The van der Waals surface area contributed by atoms with Gasteiger partial charge in [0.15, 0.2) is 0 Å². The van der Waals surface area contributed by atoms with Gasteiger partial charge in [0.25, 0.3) is 0 Å². The number of hydrogen-bond acceptors (Lipinski definition) is 3. The summed E-state index contributed by atoms with van der Waals surface area (Å²) in [4.78, 5) is 0. The fourth-order valence-electron chi connectivity index (χ4n) is 2.13. The number of anilines is 2. The minimum atomic E-state index is 0.683. The molecule has 0 aromatic heterocycles. The fraction of sp³-hybridized carbons (Fsp3) is 0. The number of rotatable bonds is 3. The Morgan fingerprint density at radius 3 is 1.95 bits per heavy atom. The van der Waals surface area contributed by atoms with Crippen LogP contribution in [-0.2, 0) is 0 Å². The summed E-state index contributed by atoms with van der Waals surface area (Å²) in [6.07, 6.45) is 0. The zero-order valence-electron chi connectivity index (χ0n) is 11.5. The standard InChI is InChI=1S/C18H16N2O/c19-15-9-7-13(8-10-15)14-3-1-5-17(11-14)21-18-6-2-4-16(20)12-18/h1-12H,19-20H2. The van der Waals surface area contributed by atoms with E-state index in [9.17, 15) is 0 Å². The van der Waals surface area contributed by atoms with Crippen LogP contribution in [0.5, 0.6) is 11.5 Å². The maximum absolute atomic E-state index is 5.84. The summed E-state index contributed by atoms with van der Waals surface area (Å²) in [7, 11) is 0. The van der Waals surface area contributed by atoms with Crippen LogP contribution in [0, 0.1) is 0 Å². The topological polar surface area (TPSA) is 61.3 Å². The van der Waals surface area contributed by atoms with E-state index in [4.69, 9.17) is 16.2 Å². The molecule has 0 aliphatic rings. The Balaban J connectivity index is 1.88. The van der Waals surface area contributed by atoms with Crippen LogP contribution in [0.4, 0.5) is 11.4 Å². The van der Waals surface area contributed by atoms with Crippen LogP contribution in [0.3, 0.4) is 0 Å². The molecule has 3 rings (SSSR count). The highest BCUT2D eigenvalue weighted by atomic mass is 16.5. The van der Waals surface area contributed by atoms with E-state index in [2.05, 4.69) is 0 Å². The van der Waals surface area contributed by atoms with Gasteiger partial charge < -0.3 is 16.2 Å². The van der Waals surface area contributed by atoms with Crippen molar-refractivity contribution in [1.82, 2.24) is 0 Å². The van der Waals surface area contributed by atoms with Gasteiger partial charge in [-0.2, -0.15) is 0 Å². The van der Waals surface area contributed by atoms with Gasteiger partial charge in [-0.3, -0.25) is 0 Å². The summed E-state index contributed by atoms with van der Waals surface area (Å²) in [6, 6.07) is 23.1. The Morgan fingerprint density at radius 2 is 1.24 bits per heavy atom. The van der Waals surface area contributed by atoms with Crippen molar-refractivity contribution in [3.05, 3.63) is 72.8 Å². The number of benzene rings is 3. The SMILES string of the molecule is Nc1ccc(-c2cccc(Oc3cccc(N)c3)c2)cc1. The van der Waals surface area contributed by atoms with Gasteiger partial charge in [0.05, 0.1) is 0 Å². The van der Waals surface area contributed by atoms with Crippen LogP contribution in [0.25, 0.3) is 11.1 Å². The first-order chi connectivity index (χ1) is 10.2. The Morgan fingerprint density at radius 1 is 0.571 bits per heavy atom. The maximum atomic E-state index is 5.84. The molecule has 3 nitrogen and oxygen atoms in total. The second-order valence-corrected chi connectivity index (χ2v) is 4.82. The van der Waals surface area contributed by atoms with Gasteiger partial charge in [0, 0.05) is 17.4 Å². The largest absolute Gasteiger partial charge is 0.457 e. The van der Waals surface area contributed by atoms with E-state index < -0.39 is 0 Å². The minimum Gasteiger partial charge on any atom is -0.457 e. The first-order valence-corrected chi connectivity index (χ1v) is 6.70. The molecule has 3 aromatic rings. The molecule has 0 atom stereocenters. The van der Waals surface area contributed by atoms with Crippen molar-refractivity contribution in [1.29, 1.82) is 0 Å². The average molecular weight is 276 g/mol. The van der Waals surface area contributed by atoms with Crippen molar-refractivity contribution < 1.29 is 4.74 Å². The van der Waals surface area contributed by atoms with Crippen LogP contribution in [0.2, 0.25) is 0 Å². The third-order valence-electron chi connectivity index (χ3n) is 3.17. The molecule has 3 aromatic carbocycles. The Hall–Kier alpha value is -2.94. The number of nitrogen functional groups attached to an aromatic ring is 2. The van der Waals surface area contributed by atoms with Gasteiger partial charge in [-0.05, 0) is 47.5 Å². The maximum Gasteiger partial charge on any atom is 0.129 e. The highest BCUT2D eigenvalue weighted by molar-refractivity contribution is 5.67. The molecule has 0 amide bonds. The molecule has 0 saturated heterocycles. The molecule has 0 spiro atoms. The highest BCUT2D eigenvalue weighted by Gasteiger charge is 2.02. The molecule has 0 radical (unpaired) electrons. The molecule has 0 unspecified atom stereocenters. The van der Waals surface area contributed by atoms with Crippen LogP contribution >= 0.6 is 0 Å². The molecule has 0 bridgehead atoms. The van der Waals surface area contributed by atoms with Crippen molar-refractivity contribution in [2.45, 2.75) is 0 Å². The Labute approximate surface area is 123 Å². The fourth-order valence-corrected chi connectivity index (χ4v) is 2.13. The smallest absolute Gasteiger partial charge is 0.129 e. The number of ether oxygens (including phenoxy) is 1. The molecular weight excluding hydrogens is 260 g/mol. The summed E-state index contributed by atoms with van der Waals surface area (Å²) in [5.41, 5.74) is 15.1. The average Bonchev–Trinajstić information content (AvgIpc) is 2.48. The normalized spacial score (nSPS) is 10.3. The van der Waals surface area contributed by atoms with E-state index >= 15 is 0 Å². The van der Waals surface area contributed by atoms with Gasteiger partial charge in [-0.25, -0.2) is 0 Å². The van der Waals surface area contributed by atoms with Gasteiger partial charge in [-0.1, -0.05) is 30.3 Å². The lowest BCUT2D eigenvalue weighted by atomic mass is 10.1. The van der Waals surface area contributed by atoms with Gasteiger partial charge in [0.1, 0.15) is 11.5 Å². The molecule has 4 N–H and O–H groups in total. The van der Waals surface area contributed by atoms with Gasteiger partial charge >= 0.3 is 0 Å². The van der Waals surface area contributed by atoms with Gasteiger partial charge in [0.2, 0.25) is 0 Å². The predicted molar refractivity (Wildman–Crippen MR) is 87.2 cm³/mol. The third kappa shape index (κ3) is 3.15. The number of nitrogens with two attached hydrogens (primary N) is 2. The summed E-state index contributed by atoms with van der Waals surface area (Å²) in [6.45, 7) is 0. The van der Waals surface area contributed by atoms with E-state index in [1.54, 1.807) is 6.07 Å². The minimum absolute atomic E-state index is 0.683. The molecule has 0 aliphatic heterocycles. The lowest BCUT2D eigenvalue weighted by Gasteiger charge is -2.08. The zero-order chi connectivity index (χ0) is 14.7. The van der Waals surface area contributed by atoms with Crippen LogP contribution in [-0.4, -0.2) is 0 Å². The van der Waals surface area contributed by atoms with E-state index in [1.807, 2.05) is 66.7 Å². The second kappa shape index (κ2) is 5.59. The number of hydrogen-bond donors (Lipinski definition) is 2. The Bertz CT molecular complexity index is 751. The first-order valence-electron chi connectivity index (χ1n) is 6.70.